The lowest BCUT2D eigenvalue weighted by Gasteiger charge is -2.26. The first-order valence-corrected chi connectivity index (χ1v) is 10.6. The zero-order valence-corrected chi connectivity index (χ0v) is 17.2. The second kappa shape index (κ2) is 10.3. The van der Waals surface area contributed by atoms with Crippen LogP contribution in [0.3, 0.4) is 0 Å². The van der Waals surface area contributed by atoms with E-state index >= 15 is 0 Å². The summed E-state index contributed by atoms with van der Waals surface area (Å²) in [6.45, 7) is 6.60. The first-order chi connectivity index (χ1) is 14.2. The molecule has 1 saturated carbocycles. The average Bonchev–Trinajstić information content (AvgIpc) is 3.53. The Balaban J connectivity index is 0.000000755. The molecule has 0 spiro atoms. The Hall–Kier alpha value is -2.48. The second-order valence-electron chi connectivity index (χ2n) is 7.70. The molecule has 2 aromatic heterocycles. The zero-order chi connectivity index (χ0) is 20.6. The van der Waals surface area contributed by atoms with Gasteiger partial charge in [0, 0.05) is 31.9 Å². The molecule has 8 heteroatoms. The molecule has 0 atom stereocenters. The van der Waals surface area contributed by atoms with Gasteiger partial charge in [0.15, 0.2) is 5.65 Å². The summed E-state index contributed by atoms with van der Waals surface area (Å²) in [5.74, 6) is 0.0673. The fraction of sp³-hybridized carbons (Fsp3) is 0.619. The molecule has 1 aliphatic carbocycles. The monoisotopic (exact) mass is 401 g/mol. The Bertz CT molecular complexity index is 810. The molecule has 0 unspecified atom stereocenters. The van der Waals surface area contributed by atoms with Crippen molar-refractivity contribution >= 4 is 23.5 Å². The molecule has 2 fully saturated rings. The van der Waals surface area contributed by atoms with Gasteiger partial charge in [-0.3, -0.25) is 9.59 Å². The summed E-state index contributed by atoms with van der Waals surface area (Å²) < 4.78 is 2.14. The Morgan fingerprint density at radius 3 is 2.55 bits per heavy atom. The Kier molecular flexibility index (Phi) is 7.57. The first kappa shape index (κ1) is 21.2. The van der Waals surface area contributed by atoms with Gasteiger partial charge in [-0.1, -0.05) is 12.8 Å². The molecule has 3 heterocycles. The molecular weight excluding hydrogens is 370 g/mol. The number of carboxylic acid groups (broad SMARTS) is 1. The summed E-state index contributed by atoms with van der Waals surface area (Å²) in [7, 11) is 0. The van der Waals surface area contributed by atoms with Gasteiger partial charge in [0.05, 0.1) is 11.9 Å². The number of pyridine rings is 1. The maximum atomic E-state index is 12.9. The van der Waals surface area contributed by atoms with Gasteiger partial charge in [0.2, 0.25) is 0 Å². The minimum atomic E-state index is -0.250. The number of hydrogen-bond donors (Lipinski definition) is 1. The van der Waals surface area contributed by atoms with Gasteiger partial charge in [-0.25, -0.2) is 9.97 Å². The lowest BCUT2D eigenvalue weighted by Crippen LogP contribution is -2.39. The topological polar surface area (TPSA) is 91.6 Å². The third-order valence-corrected chi connectivity index (χ3v) is 5.65. The molecule has 0 aromatic carbocycles. The number of hydrogen-bond acceptors (Lipinski definition) is 5. The lowest BCUT2D eigenvalue weighted by atomic mass is 10.2. The lowest BCUT2D eigenvalue weighted by molar-refractivity contribution is -0.122. The van der Waals surface area contributed by atoms with E-state index in [1.54, 1.807) is 6.20 Å². The minimum Gasteiger partial charge on any atom is -0.483 e. The number of fused-ring (bicyclic) bond motifs is 1. The first-order valence-electron chi connectivity index (χ1n) is 10.6. The molecule has 1 saturated heterocycles. The van der Waals surface area contributed by atoms with Gasteiger partial charge in [-0.2, -0.15) is 0 Å². The van der Waals surface area contributed by atoms with Gasteiger partial charge < -0.3 is 19.5 Å². The Morgan fingerprint density at radius 2 is 1.93 bits per heavy atom. The standard InChI is InChI=1S/C20H29N5O.CH2O2/c1-2-24(12-11-23-9-5-3-4-6-10-23)20(26)16-13-18-19(21-14-16)25(15-22-18)17-7-8-17;2-1-3/h13-15,17H,2-12H2,1H3;1H,(H,2,3). The van der Waals surface area contributed by atoms with Crippen molar-refractivity contribution in [3.63, 3.8) is 0 Å². The maximum absolute atomic E-state index is 12.9. The molecule has 0 radical (unpaired) electrons. The average molecular weight is 402 g/mol. The van der Waals surface area contributed by atoms with Crippen LogP contribution in [0.4, 0.5) is 0 Å². The number of likely N-dealkylation sites (N-methyl/N-ethyl adjacent to an activating group) is 1. The van der Waals surface area contributed by atoms with E-state index in [0.717, 1.165) is 43.9 Å². The van der Waals surface area contributed by atoms with Crippen LogP contribution in [0.1, 0.15) is 61.8 Å². The molecule has 2 aliphatic rings. The normalized spacial score (nSPS) is 17.3. The smallest absolute Gasteiger partial charge is 0.290 e. The number of carbonyl (C=O) groups excluding carboxylic acids is 1. The highest BCUT2D eigenvalue weighted by Gasteiger charge is 2.26. The van der Waals surface area contributed by atoms with Crippen molar-refractivity contribution < 1.29 is 14.7 Å². The van der Waals surface area contributed by atoms with E-state index < -0.39 is 0 Å². The summed E-state index contributed by atoms with van der Waals surface area (Å²) in [5.41, 5.74) is 2.37. The van der Waals surface area contributed by atoms with Crippen molar-refractivity contribution in [1.29, 1.82) is 0 Å². The number of rotatable bonds is 6. The molecule has 2 aromatic rings. The molecule has 8 nitrogen and oxygen atoms in total. The molecule has 1 N–H and O–H groups in total. The van der Waals surface area contributed by atoms with Crippen molar-refractivity contribution in [2.75, 3.05) is 32.7 Å². The molecule has 1 amide bonds. The largest absolute Gasteiger partial charge is 0.483 e. The van der Waals surface area contributed by atoms with Crippen molar-refractivity contribution in [3.05, 3.63) is 24.2 Å². The predicted octanol–water partition coefficient (Wildman–Crippen LogP) is 2.81. The van der Waals surface area contributed by atoms with E-state index in [1.165, 1.54) is 38.5 Å². The van der Waals surface area contributed by atoms with Crippen LogP contribution in [0.15, 0.2) is 18.6 Å². The van der Waals surface area contributed by atoms with Crippen molar-refractivity contribution in [2.45, 2.75) is 51.5 Å². The van der Waals surface area contributed by atoms with Crippen LogP contribution < -0.4 is 0 Å². The van der Waals surface area contributed by atoms with Gasteiger partial charge >= 0.3 is 0 Å². The number of imidazole rings is 1. The zero-order valence-electron chi connectivity index (χ0n) is 17.2. The van der Waals surface area contributed by atoms with E-state index in [4.69, 9.17) is 9.90 Å². The molecule has 29 heavy (non-hydrogen) atoms. The van der Waals surface area contributed by atoms with E-state index in [2.05, 4.69) is 19.4 Å². The third-order valence-electron chi connectivity index (χ3n) is 5.65. The highest BCUT2D eigenvalue weighted by molar-refractivity contribution is 5.96. The number of carbonyl (C=O) groups is 2. The SMILES string of the molecule is CCN(CCN1CCCCCC1)C(=O)c1cnc2c(c1)ncn2C1CC1.O=CO. The van der Waals surface area contributed by atoms with Gasteiger partial charge in [0.1, 0.15) is 5.52 Å². The van der Waals surface area contributed by atoms with Crippen LogP contribution in [0.25, 0.3) is 11.2 Å². The minimum absolute atomic E-state index is 0.0673. The van der Waals surface area contributed by atoms with E-state index in [1.807, 2.05) is 24.2 Å². The maximum Gasteiger partial charge on any atom is 0.290 e. The molecule has 4 rings (SSSR count). The molecule has 0 bridgehead atoms. The fourth-order valence-corrected chi connectivity index (χ4v) is 3.86. The van der Waals surface area contributed by atoms with E-state index in [9.17, 15) is 4.79 Å². The van der Waals surface area contributed by atoms with E-state index in [-0.39, 0.29) is 12.4 Å². The van der Waals surface area contributed by atoms with Crippen molar-refractivity contribution in [1.82, 2.24) is 24.3 Å². The Morgan fingerprint density at radius 1 is 1.24 bits per heavy atom. The van der Waals surface area contributed by atoms with Crippen LogP contribution in [-0.2, 0) is 4.79 Å². The number of nitrogens with zero attached hydrogens (tertiary/aromatic N) is 5. The number of amides is 1. The summed E-state index contributed by atoms with van der Waals surface area (Å²) in [5, 5.41) is 6.89. The van der Waals surface area contributed by atoms with Gasteiger partial charge in [-0.15, -0.1) is 0 Å². The van der Waals surface area contributed by atoms with Crippen LogP contribution in [0, 0.1) is 0 Å². The highest BCUT2D eigenvalue weighted by Crippen LogP contribution is 2.36. The summed E-state index contributed by atoms with van der Waals surface area (Å²) in [4.78, 5) is 34.7. The fourth-order valence-electron chi connectivity index (χ4n) is 3.86. The second-order valence-corrected chi connectivity index (χ2v) is 7.70. The third kappa shape index (κ3) is 5.53. The van der Waals surface area contributed by atoms with Crippen LogP contribution in [0.2, 0.25) is 0 Å². The van der Waals surface area contributed by atoms with Crippen LogP contribution >= 0.6 is 0 Å². The summed E-state index contributed by atoms with van der Waals surface area (Å²) in [6.07, 6.45) is 11.2. The molecule has 158 valence electrons. The van der Waals surface area contributed by atoms with Crippen molar-refractivity contribution in [2.24, 2.45) is 0 Å². The predicted molar refractivity (Wildman–Crippen MR) is 111 cm³/mol. The van der Waals surface area contributed by atoms with Crippen LogP contribution in [-0.4, -0.2) is 74.5 Å². The number of likely N-dealkylation sites (tertiary alicyclic amines) is 1. The molecule has 1 aliphatic heterocycles. The van der Waals surface area contributed by atoms with Crippen LogP contribution in [0.5, 0.6) is 0 Å². The van der Waals surface area contributed by atoms with Gasteiger partial charge in [-0.05, 0) is 51.8 Å². The molecular formula is C21H31N5O3. The summed E-state index contributed by atoms with van der Waals surface area (Å²) >= 11 is 0. The van der Waals surface area contributed by atoms with Gasteiger partial charge in [0.25, 0.3) is 12.4 Å². The van der Waals surface area contributed by atoms with E-state index in [0.29, 0.717) is 11.6 Å². The quantitative estimate of drug-likeness (QED) is 0.749. The number of aromatic nitrogens is 3. The summed E-state index contributed by atoms with van der Waals surface area (Å²) in [6, 6.07) is 2.45. The Labute approximate surface area is 171 Å². The van der Waals surface area contributed by atoms with Crippen molar-refractivity contribution in [3.8, 4) is 0 Å². The highest BCUT2D eigenvalue weighted by atomic mass is 16.3.